The first-order chi connectivity index (χ1) is 11.7. The molecule has 9 nitrogen and oxygen atoms in total. The Labute approximate surface area is 145 Å². The summed E-state index contributed by atoms with van der Waals surface area (Å²) >= 11 is 0. The van der Waals surface area contributed by atoms with Gasteiger partial charge >= 0.3 is 11.8 Å². The second-order valence-corrected chi connectivity index (χ2v) is 7.41. The van der Waals surface area contributed by atoms with Gasteiger partial charge in [-0.3, -0.25) is 4.57 Å². The third kappa shape index (κ3) is 3.75. The monoisotopic (exact) mass is 348 g/mol. The molecule has 2 aromatic rings. The van der Waals surface area contributed by atoms with Crippen LogP contribution in [0.2, 0.25) is 0 Å². The van der Waals surface area contributed by atoms with E-state index in [9.17, 15) is 9.59 Å². The van der Waals surface area contributed by atoms with E-state index in [0.717, 1.165) is 25.7 Å². The number of aromatic amines is 1. The van der Waals surface area contributed by atoms with Crippen molar-refractivity contribution in [1.29, 1.82) is 0 Å². The van der Waals surface area contributed by atoms with E-state index in [4.69, 9.17) is 10.5 Å². The molecule has 0 atom stereocenters. The molecule has 0 aliphatic heterocycles. The number of nitrogens with one attached hydrogen (secondary N) is 2. The Morgan fingerprint density at radius 1 is 1.32 bits per heavy atom. The Morgan fingerprint density at radius 2 is 2.00 bits per heavy atom. The lowest BCUT2D eigenvalue weighted by molar-refractivity contribution is 0.0488. The van der Waals surface area contributed by atoms with Crippen LogP contribution in [0.4, 0.5) is 10.6 Å². The molecule has 0 spiro atoms. The van der Waals surface area contributed by atoms with Crippen molar-refractivity contribution in [2.45, 2.75) is 64.1 Å². The van der Waals surface area contributed by atoms with Crippen LogP contribution >= 0.6 is 0 Å². The van der Waals surface area contributed by atoms with Gasteiger partial charge in [0.05, 0.1) is 0 Å². The Hall–Kier alpha value is -2.58. The van der Waals surface area contributed by atoms with Gasteiger partial charge in [0.2, 0.25) is 0 Å². The number of carbonyl (C=O) groups is 1. The number of H-pyrrole nitrogens is 1. The Morgan fingerprint density at radius 3 is 2.64 bits per heavy atom. The molecular weight excluding hydrogens is 324 g/mol. The molecule has 136 valence electrons. The molecule has 0 radical (unpaired) electrons. The molecule has 0 unspecified atom stereocenters. The molecule has 9 heteroatoms. The fraction of sp³-hybridized carbons (Fsp3) is 0.625. The molecule has 0 aromatic carbocycles. The summed E-state index contributed by atoms with van der Waals surface area (Å²) in [6.45, 7) is 5.50. The fourth-order valence-corrected chi connectivity index (χ4v) is 3.25. The number of amides is 1. The first-order valence-electron chi connectivity index (χ1n) is 8.45. The van der Waals surface area contributed by atoms with E-state index in [-0.39, 0.29) is 23.6 Å². The molecule has 1 saturated carbocycles. The van der Waals surface area contributed by atoms with Crippen LogP contribution in [0, 0.1) is 0 Å². The topological polar surface area (TPSA) is 128 Å². The number of carbonyl (C=O) groups excluding carboxylic acids is 1. The highest BCUT2D eigenvalue weighted by atomic mass is 16.6. The van der Waals surface area contributed by atoms with E-state index < -0.39 is 11.7 Å². The van der Waals surface area contributed by atoms with Gasteiger partial charge in [-0.2, -0.15) is 0 Å². The number of nitrogens with two attached hydrogens (primary N) is 1. The van der Waals surface area contributed by atoms with E-state index in [1.54, 1.807) is 4.57 Å². The highest BCUT2D eigenvalue weighted by molar-refractivity contribution is 5.81. The normalized spacial score (nSPS) is 21.2. The van der Waals surface area contributed by atoms with Crippen molar-refractivity contribution in [3.05, 3.63) is 16.8 Å². The number of imidazole rings is 1. The summed E-state index contributed by atoms with van der Waals surface area (Å²) in [6, 6.07) is 0.0685. The Balaban J connectivity index is 1.67. The van der Waals surface area contributed by atoms with Crippen LogP contribution in [0.1, 0.15) is 52.5 Å². The first-order valence-corrected chi connectivity index (χ1v) is 8.45. The maximum absolute atomic E-state index is 12.3. The minimum Gasteiger partial charge on any atom is -0.444 e. The average Bonchev–Trinajstić information content (AvgIpc) is 2.84. The molecule has 3 rings (SSSR count). The van der Waals surface area contributed by atoms with Crippen LogP contribution in [0.25, 0.3) is 11.2 Å². The van der Waals surface area contributed by atoms with Crippen LogP contribution in [-0.2, 0) is 4.74 Å². The molecule has 2 heterocycles. The number of hydrogen-bond acceptors (Lipinski definition) is 6. The summed E-state index contributed by atoms with van der Waals surface area (Å²) in [7, 11) is 0. The molecule has 1 fully saturated rings. The van der Waals surface area contributed by atoms with Crippen LogP contribution in [0.5, 0.6) is 0 Å². The van der Waals surface area contributed by atoms with Gasteiger partial charge in [0.15, 0.2) is 11.5 Å². The molecule has 0 saturated heterocycles. The molecule has 1 aliphatic carbocycles. The second-order valence-electron chi connectivity index (χ2n) is 7.41. The van der Waals surface area contributed by atoms with Gasteiger partial charge in [0, 0.05) is 12.1 Å². The zero-order chi connectivity index (χ0) is 18.2. The lowest BCUT2D eigenvalue weighted by Gasteiger charge is -2.30. The third-order valence-electron chi connectivity index (χ3n) is 4.32. The van der Waals surface area contributed by atoms with Crippen molar-refractivity contribution in [3.8, 4) is 0 Å². The van der Waals surface area contributed by atoms with E-state index in [2.05, 4.69) is 20.3 Å². The summed E-state index contributed by atoms with van der Waals surface area (Å²) in [5.74, 6) is 0.265. The highest BCUT2D eigenvalue weighted by Gasteiger charge is 2.28. The number of ether oxygens (including phenoxy) is 1. The van der Waals surface area contributed by atoms with E-state index in [0.29, 0.717) is 11.2 Å². The van der Waals surface area contributed by atoms with Gasteiger partial charge in [-0.1, -0.05) is 0 Å². The standard InChI is InChI=1S/C16H24N6O3/c1-16(2,3)25-15(24)20-9-4-6-10(7-5-9)22-13-11(21-14(22)23)12(17)18-8-19-13/h8-10H,4-7H2,1-3H3,(H,20,24)(H,21,23)(H2,17,18,19). The highest BCUT2D eigenvalue weighted by Crippen LogP contribution is 2.30. The lowest BCUT2D eigenvalue weighted by Crippen LogP contribution is -2.41. The number of anilines is 1. The number of nitrogen functional groups attached to an aromatic ring is 1. The number of fused-ring (bicyclic) bond motifs is 1. The lowest BCUT2D eigenvalue weighted by atomic mass is 9.91. The van der Waals surface area contributed by atoms with E-state index in [1.807, 2.05) is 20.8 Å². The van der Waals surface area contributed by atoms with Crippen molar-refractivity contribution in [1.82, 2.24) is 24.8 Å². The minimum atomic E-state index is -0.516. The van der Waals surface area contributed by atoms with Gasteiger partial charge in [-0.15, -0.1) is 0 Å². The molecular formula is C16H24N6O3. The number of rotatable bonds is 2. The predicted molar refractivity (Wildman–Crippen MR) is 93.2 cm³/mol. The number of aromatic nitrogens is 4. The largest absolute Gasteiger partial charge is 0.444 e. The fourth-order valence-electron chi connectivity index (χ4n) is 3.25. The molecule has 1 amide bonds. The summed E-state index contributed by atoms with van der Waals surface area (Å²) in [4.78, 5) is 35.0. The maximum atomic E-state index is 12.3. The van der Waals surface area contributed by atoms with Crippen molar-refractivity contribution in [2.24, 2.45) is 0 Å². The number of alkyl carbamates (subject to hydrolysis) is 1. The summed E-state index contributed by atoms with van der Waals surface area (Å²) in [5, 5.41) is 2.90. The number of hydrogen-bond donors (Lipinski definition) is 3. The van der Waals surface area contributed by atoms with E-state index in [1.165, 1.54) is 6.33 Å². The smallest absolute Gasteiger partial charge is 0.407 e. The quantitative estimate of drug-likeness (QED) is 0.758. The third-order valence-corrected chi connectivity index (χ3v) is 4.32. The number of nitrogens with zero attached hydrogens (tertiary/aromatic N) is 3. The summed E-state index contributed by atoms with van der Waals surface area (Å²) in [5.41, 5.74) is 6.06. The van der Waals surface area contributed by atoms with Gasteiger partial charge in [-0.25, -0.2) is 19.6 Å². The van der Waals surface area contributed by atoms with Gasteiger partial charge in [-0.05, 0) is 46.5 Å². The van der Waals surface area contributed by atoms with Crippen molar-refractivity contribution in [3.63, 3.8) is 0 Å². The van der Waals surface area contributed by atoms with Gasteiger partial charge in [0.25, 0.3) is 0 Å². The van der Waals surface area contributed by atoms with Crippen molar-refractivity contribution >= 4 is 23.1 Å². The summed E-state index contributed by atoms with van der Waals surface area (Å²) < 4.78 is 6.94. The zero-order valence-corrected chi connectivity index (χ0v) is 14.7. The molecule has 4 N–H and O–H groups in total. The molecule has 1 aliphatic rings. The molecule has 25 heavy (non-hydrogen) atoms. The Bertz CT molecular complexity index is 826. The second kappa shape index (κ2) is 6.38. The van der Waals surface area contributed by atoms with Gasteiger partial charge in [0.1, 0.15) is 17.4 Å². The van der Waals surface area contributed by atoms with Crippen LogP contribution in [0.3, 0.4) is 0 Å². The van der Waals surface area contributed by atoms with Crippen molar-refractivity contribution < 1.29 is 9.53 Å². The van der Waals surface area contributed by atoms with Crippen molar-refractivity contribution in [2.75, 3.05) is 5.73 Å². The first kappa shape index (κ1) is 17.2. The van der Waals surface area contributed by atoms with Crippen LogP contribution < -0.4 is 16.7 Å². The zero-order valence-electron chi connectivity index (χ0n) is 14.7. The maximum Gasteiger partial charge on any atom is 0.407 e. The average molecular weight is 348 g/mol. The van der Waals surface area contributed by atoms with Crippen LogP contribution in [0.15, 0.2) is 11.1 Å². The summed E-state index contributed by atoms with van der Waals surface area (Å²) in [6.07, 6.45) is 4.01. The molecule has 0 bridgehead atoms. The molecule has 2 aromatic heterocycles. The predicted octanol–water partition coefficient (Wildman–Crippen LogP) is 1.71. The minimum absolute atomic E-state index is 0.0206. The van der Waals surface area contributed by atoms with Crippen LogP contribution in [-0.4, -0.2) is 37.3 Å². The Kier molecular flexibility index (Phi) is 4.40. The van der Waals surface area contributed by atoms with E-state index >= 15 is 0 Å². The van der Waals surface area contributed by atoms with Gasteiger partial charge < -0.3 is 20.8 Å². The SMILES string of the molecule is CC(C)(C)OC(=O)NC1CCC(n2c(=O)[nH]c3c(N)ncnc32)CC1.